The van der Waals surface area contributed by atoms with Crippen molar-refractivity contribution < 1.29 is 9.59 Å². The lowest BCUT2D eigenvalue weighted by molar-refractivity contribution is -0.124. The summed E-state index contributed by atoms with van der Waals surface area (Å²) in [6.07, 6.45) is 2.63. The third kappa shape index (κ3) is 8.70. The maximum Gasteiger partial charge on any atom is 0.243 e. The minimum atomic E-state index is -0.277. The molecule has 2 N–H and O–H groups in total. The van der Waals surface area contributed by atoms with Gasteiger partial charge in [-0.1, -0.05) is 23.7 Å². The number of unbranched alkanes of at least 4 members (excludes halogenated alkanes) is 2. The van der Waals surface area contributed by atoms with E-state index in [1.807, 2.05) is 12.1 Å². The fourth-order valence-corrected chi connectivity index (χ4v) is 2.02. The monoisotopic (exact) mass is 337 g/mol. The summed E-state index contributed by atoms with van der Waals surface area (Å²) in [6, 6.07) is 7.19. The molecule has 0 atom stereocenters. The Morgan fingerprint density at radius 1 is 1.13 bits per heavy atom. The minimum Gasteiger partial charge on any atom is -0.347 e. The van der Waals surface area contributed by atoms with E-state index in [4.69, 9.17) is 17.1 Å². The van der Waals surface area contributed by atoms with Crippen LogP contribution in [0.3, 0.4) is 0 Å². The standard InChI is InChI=1S/C15H20ClN5O2/c16-10-12-5-7-13(8-6-12)20-15(23)11-18-14(22)4-2-1-3-9-19-21-17/h5-8H,1-4,9-11H2,(H,18,22)(H,20,23). The lowest BCUT2D eigenvalue weighted by Gasteiger charge is -2.07. The summed E-state index contributed by atoms with van der Waals surface area (Å²) < 4.78 is 0. The smallest absolute Gasteiger partial charge is 0.243 e. The number of hydrogen-bond donors (Lipinski definition) is 2. The first-order valence-electron chi connectivity index (χ1n) is 7.38. The second-order valence-electron chi connectivity index (χ2n) is 4.92. The molecule has 23 heavy (non-hydrogen) atoms. The van der Waals surface area contributed by atoms with Gasteiger partial charge in [0.2, 0.25) is 11.8 Å². The summed E-state index contributed by atoms with van der Waals surface area (Å²) in [5.74, 6) is -0.0191. The molecule has 0 saturated carbocycles. The van der Waals surface area contributed by atoms with Crippen LogP contribution in [0.5, 0.6) is 0 Å². The van der Waals surface area contributed by atoms with Gasteiger partial charge in [-0.2, -0.15) is 0 Å². The first-order chi connectivity index (χ1) is 11.2. The van der Waals surface area contributed by atoms with Crippen LogP contribution in [0.15, 0.2) is 29.4 Å². The average Bonchev–Trinajstić information content (AvgIpc) is 2.57. The van der Waals surface area contributed by atoms with E-state index < -0.39 is 0 Å². The SMILES string of the molecule is [N-]=[N+]=NCCCCCC(=O)NCC(=O)Nc1ccc(CCl)cc1. The molecule has 2 amide bonds. The fourth-order valence-electron chi connectivity index (χ4n) is 1.84. The first-order valence-corrected chi connectivity index (χ1v) is 7.91. The molecule has 0 aromatic heterocycles. The maximum absolute atomic E-state index is 11.7. The lowest BCUT2D eigenvalue weighted by atomic mass is 10.2. The van der Waals surface area contributed by atoms with Gasteiger partial charge in [-0.3, -0.25) is 9.59 Å². The molecule has 1 aromatic rings. The summed E-state index contributed by atoms with van der Waals surface area (Å²) in [6.45, 7) is 0.387. The van der Waals surface area contributed by atoms with Gasteiger partial charge in [0.05, 0.1) is 6.54 Å². The Labute approximate surface area is 140 Å². The molecule has 0 spiro atoms. The van der Waals surface area contributed by atoms with Crippen LogP contribution in [0.4, 0.5) is 5.69 Å². The number of amides is 2. The molecule has 0 bridgehead atoms. The number of azide groups is 1. The molecule has 0 aliphatic carbocycles. The molecule has 0 fully saturated rings. The molecule has 0 heterocycles. The number of hydrogen-bond acceptors (Lipinski definition) is 3. The second kappa shape index (κ2) is 11.3. The van der Waals surface area contributed by atoms with Crippen LogP contribution in [0.1, 0.15) is 31.2 Å². The maximum atomic E-state index is 11.7. The van der Waals surface area contributed by atoms with Gasteiger partial charge in [0.25, 0.3) is 0 Å². The Hall–Kier alpha value is -2.24. The number of anilines is 1. The molecule has 0 radical (unpaired) electrons. The highest BCUT2D eigenvalue weighted by atomic mass is 35.5. The Bertz CT molecular complexity index is 555. The van der Waals surface area contributed by atoms with Gasteiger partial charge in [0.15, 0.2) is 0 Å². The number of benzene rings is 1. The number of carbonyl (C=O) groups is 2. The molecule has 7 nitrogen and oxygen atoms in total. The summed E-state index contributed by atoms with van der Waals surface area (Å²) in [7, 11) is 0. The van der Waals surface area contributed by atoms with Crippen LogP contribution in [0.25, 0.3) is 10.4 Å². The normalized spacial score (nSPS) is 9.78. The van der Waals surface area contributed by atoms with Crippen LogP contribution in [0, 0.1) is 0 Å². The Morgan fingerprint density at radius 3 is 2.52 bits per heavy atom. The van der Waals surface area contributed by atoms with Gasteiger partial charge in [-0.05, 0) is 36.1 Å². The number of nitrogens with zero attached hydrogens (tertiary/aromatic N) is 3. The predicted octanol–water partition coefficient (Wildman–Crippen LogP) is 3.35. The summed E-state index contributed by atoms with van der Waals surface area (Å²) in [5, 5.41) is 8.69. The summed E-state index contributed by atoms with van der Waals surface area (Å²) >= 11 is 5.69. The largest absolute Gasteiger partial charge is 0.347 e. The van der Waals surface area contributed by atoms with E-state index in [1.165, 1.54) is 0 Å². The molecule has 0 aliphatic rings. The highest BCUT2D eigenvalue weighted by Gasteiger charge is 2.06. The average molecular weight is 338 g/mol. The van der Waals surface area contributed by atoms with Crippen molar-refractivity contribution in [3.05, 3.63) is 40.3 Å². The van der Waals surface area contributed by atoms with E-state index in [1.54, 1.807) is 12.1 Å². The van der Waals surface area contributed by atoms with Gasteiger partial charge >= 0.3 is 0 Å². The van der Waals surface area contributed by atoms with Gasteiger partial charge in [0.1, 0.15) is 0 Å². The van der Waals surface area contributed by atoms with Crippen LogP contribution in [-0.2, 0) is 15.5 Å². The molecular formula is C15H20ClN5O2. The molecule has 1 rings (SSSR count). The van der Waals surface area contributed by atoms with E-state index >= 15 is 0 Å². The molecule has 0 saturated heterocycles. The van der Waals surface area contributed by atoms with E-state index in [0.29, 0.717) is 31.0 Å². The molecular weight excluding hydrogens is 318 g/mol. The van der Waals surface area contributed by atoms with Gasteiger partial charge in [0, 0.05) is 29.4 Å². The lowest BCUT2D eigenvalue weighted by Crippen LogP contribution is -2.32. The topological polar surface area (TPSA) is 107 Å². The van der Waals surface area contributed by atoms with Gasteiger partial charge in [-0.25, -0.2) is 0 Å². The van der Waals surface area contributed by atoms with E-state index in [-0.39, 0.29) is 18.4 Å². The van der Waals surface area contributed by atoms with Crippen molar-refractivity contribution in [3.63, 3.8) is 0 Å². The zero-order chi connectivity index (χ0) is 16.9. The number of nitrogens with one attached hydrogen (secondary N) is 2. The predicted molar refractivity (Wildman–Crippen MR) is 90.1 cm³/mol. The van der Waals surface area contributed by atoms with Crippen molar-refractivity contribution >= 4 is 29.1 Å². The zero-order valence-electron chi connectivity index (χ0n) is 12.8. The van der Waals surface area contributed by atoms with Crippen LogP contribution in [0.2, 0.25) is 0 Å². The van der Waals surface area contributed by atoms with Gasteiger partial charge in [-0.15, -0.1) is 11.6 Å². The summed E-state index contributed by atoms with van der Waals surface area (Å²) in [4.78, 5) is 26.0. The third-order valence-corrected chi connectivity index (χ3v) is 3.37. The number of carbonyl (C=O) groups excluding carboxylic acids is 2. The molecule has 124 valence electrons. The van der Waals surface area contributed by atoms with E-state index in [9.17, 15) is 9.59 Å². The number of rotatable bonds is 10. The number of halogens is 1. The van der Waals surface area contributed by atoms with Crippen LogP contribution < -0.4 is 10.6 Å². The van der Waals surface area contributed by atoms with Crippen molar-refractivity contribution in [1.82, 2.24) is 5.32 Å². The highest BCUT2D eigenvalue weighted by Crippen LogP contribution is 2.10. The van der Waals surface area contributed by atoms with E-state index in [0.717, 1.165) is 18.4 Å². The quantitative estimate of drug-likeness (QED) is 0.224. The second-order valence-corrected chi connectivity index (χ2v) is 5.19. The fraction of sp³-hybridized carbons (Fsp3) is 0.467. The van der Waals surface area contributed by atoms with Crippen molar-refractivity contribution in [3.8, 4) is 0 Å². The van der Waals surface area contributed by atoms with Crippen LogP contribution in [-0.4, -0.2) is 24.9 Å². The highest BCUT2D eigenvalue weighted by molar-refractivity contribution is 6.17. The third-order valence-electron chi connectivity index (χ3n) is 3.06. The van der Waals surface area contributed by atoms with Crippen molar-refractivity contribution in [2.24, 2.45) is 5.11 Å². The molecule has 0 aliphatic heterocycles. The molecule has 1 aromatic carbocycles. The Morgan fingerprint density at radius 2 is 1.87 bits per heavy atom. The Balaban J connectivity index is 2.16. The first kappa shape index (κ1) is 18.8. The Kier molecular flexibility index (Phi) is 9.28. The van der Waals surface area contributed by atoms with Crippen molar-refractivity contribution in [2.75, 3.05) is 18.4 Å². The van der Waals surface area contributed by atoms with E-state index in [2.05, 4.69) is 20.7 Å². The van der Waals surface area contributed by atoms with Crippen molar-refractivity contribution in [2.45, 2.75) is 31.6 Å². The van der Waals surface area contributed by atoms with Gasteiger partial charge < -0.3 is 10.6 Å². The molecule has 8 heteroatoms. The molecule has 0 unspecified atom stereocenters. The zero-order valence-corrected chi connectivity index (χ0v) is 13.6. The van der Waals surface area contributed by atoms with Crippen LogP contribution >= 0.6 is 11.6 Å². The summed E-state index contributed by atoms with van der Waals surface area (Å²) in [5.41, 5.74) is 9.75. The van der Waals surface area contributed by atoms with Crippen molar-refractivity contribution in [1.29, 1.82) is 0 Å². The minimum absolute atomic E-state index is 0.0607. The number of alkyl halides is 1.